The van der Waals surface area contributed by atoms with Crippen LogP contribution in [0.25, 0.3) is 5.69 Å². The van der Waals surface area contributed by atoms with Crippen molar-refractivity contribution in [2.24, 2.45) is 0 Å². The highest BCUT2D eigenvalue weighted by Crippen LogP contribution is 2.38. The topological polar surface area (TPSA) is 34.9 Å². The fraction of sp³-hybridized carbons (Fsp3) is 0.231. The molecule has 9 heteroatoms. The lowest BCUT2D eigenvalue weighted by Crippen LogP contribution is -2.07. The fourth-order valence-corrected chi connectivity index (χ4v) is 2.83. The molecule has 0 aliphatic carbocycles. The molecule has 0 saturated carbocycles. The molecule has 0 atom stereocenters. The van der Waals surface area contributed by atoms with Gasteiger partial charge in [-0.2, -0.15) is 18.3 Å². The van der Waals surface area contributed by atoms with Gasteiger partial charge in [-0.3, -0.25) is 4.79 Å². The Kier molecular flexibility index (Phi) is 4.75. The Morgan fingerprint density at radius 2 is 1.77 bits per heavy atom. The summed E-state index contributed by atoms with van der Waals surface area (Å²) in [6.45, 7) is 1.76. The Labute approximate surface area is 138 Å². The summed E-state index contributed by atoms with van der Waals surface area (Å²) in [6, 6.07) is 1.46. The first-order chi connectivity index (χ1) is 10.2. The van der Waals surface area contributed by atoms with Gasteiger partial charge in [0.1, 0.15) is 10.8 Å². The van der Waals surface area contributed by atoms with Gasteiger partial charge in [0, 0.05) is 0 Å². The van der Waals surface area contributed by atoms with Crippen molar-refractivity contribution < 1.29 is 18.0 Å². The monoisotopic (exact) mass is 370 g/mol. The number of benzene rings is 1. The van der Waals surface area contributed by atoms with E-state index in [9.17, 15) is 18.0 Å². The van der Waals surface area contributed by atoms with Crippen LogP contribution in [0, 0.1) is 0 Å². The molecule has 1 aromatic carbocycles. The Hall–Kier alpha value is -1.24. The number of aldehydes is 1. The second kappa shape index (κ2) is 6.10. The molecule has 1 heterocycles. The summed E-state index contributed by atoms with van der Waals surface area (Å²) >= 11 is 17.9. The molecule has 0 saturated heterocycles. The Morgan fingerprint density at radius 1 is 1.23 bits per heavy atom. The molecule has 3 nitrogen and oxygen atoms in total. The van der Waals surface area contributed by atoms with Crippen LogP contribution in [-0.4, -0.2) is 16.1 Å². The van der Waals surface area contributed by atoms with Crippen LogP contribution in [0.2, 0.25) is 15.2 Å². The summed E-state index contributed by atoms with van der Waals surface area (Å²) in [5.41, 5.74) is -0.451. The quantitative estimate of drug-likeness (QED) is 0.693. The molecule has 0 bridgehead atoms. The van der Waals surface area contributed by atoms with E-state index in [0.717, 1.165) is 16.8 Å². The standard InChI is InChI=1S/C13H8Cl3F3N2O/c1-2-10-7(5-22)12(16)21(20-10)11-8(14)3-6(4-9(11)15)13(17,18)19/h3-5H,2H2,1H3. The van der Waals surface area contributed by atoms with Gasteiger partial charge in [0.05, 0.1) is 26.9 Å². The Morgan fingerprint density at radius 3 is 2.14 bits per heavy atom. The van der Waals surface area contributed by atoms with E-state index in [1.807, 2.05) is 0 Å². The van der Waals surface area contributed by atoms with Crippen LogP contribution >= 0.6 is 34.8 Å². The van der Waals surface area contributed by atoms with E-state index in [1.165, 1.54) is 0 Å². The smallest absolute Gasteiger partial charge is 0.298 e. The predicted octanol–water partition coefficient (Wildman–Crippen LogP) is 5.23. The van der Waals surface area contributed by atoms with Gasteiger partial charge >= 0.3 is 6.18 Å². The molecule has 1 aromatic heterocycles. The van der Waals surface area contributed by atoms with Crippen LogP contribution in [0.1, 0.15) is 28.5 Å². The summed E-state index contributed by atoms with van der Waals surface area (Å²) in [5, 5.41) is 3.48. The van der Waals surface area contributed by atoms with Crippen molar-refractivity contribution in [3.63, 3.8) is 0 Å². The number of rotatable bonds is 3. The minimum atomic E-state index is -4.58. The molecule has 0 fully saturated rings. The minimum absolute atomic E-state index is 0.0101. The summed E-state index contributed by atoms with van der Waals surface area (Å²) < 4.78 is 39.2. The zero-order valence-corrected chi connectivity index (χ0v) is 13.3. The van der Waals surface area contributed by atoms with E-state index in [1.54, 1.807) is 6.92 Å². The molecule has 118 valence electrons. The number of aryl methyl sites for hydroxylation is 1. The molecule has 22 heavy (non-hydrogen) atoms. The van der Waals surface area contributed by atoms with Crippen LogP contribution in [-0.2, 0) is 12.6 Å². The number of halogens is 6. The number of hydrogen-bond donors (Lipinski definition) is 0. The first-order valence-electron chi connectivity index (χ1n) is 5.99. The number of hydrogen-bond acceptors (Lipinski definition) is 2. The van der Waals surface area contributed by atoms with Crippen molar-refractivity contribution >= 4 is 41.1 Å². The van der Waals surface area contributed by atoms with Crippen LogP contribution < -0.4 is 0 Å². The van der Waals surface area contributed by atoms with Gasteiger partial charge in [0.25, 0.3) is 0 Å². The molecule has 2 aromatic rings. The zero-order chi connectivity index (χ0) is 16.7. The van der Waals surface area contributed by atoms with Crippen molar-refractivity contribution in [2.75, 3.05) is 0 Å². The average molecular weight is 372 g/mol. The third-order valence-electron chi connectivity index (χ3n) is 2.95. The Bertz CT molecular complexity index is 718. The van der Waals surface area contributed by atoms with Gasteiger partial charge < -0.3 is 0 Å². The van der Waals surface area contributed by atoms with E-state index >= 15 is 0 Å². The van der Waals surface area contributed by atoms with Gasteiger partial charge in [0.2, 0.25) is 0 Å². The molecule has 0 amide bonds. The highest BCUT2D eigenvalue weighted by molar-refractivity contribution is 6.38. The maximum atomic E-state index is 12.7. The lowest BCUT2D eigenvalue weighted by Gasteiger charge is -2.12. The summed E-state index contributed by atoms with van der Waals surface area (Å²) in [4.78, 5) is 11.1. The third-order valence-corrected chi connectivity index (χ3v) is 3.89. The molecule has 0 spiro atoms. The molecule has 0 N–H and O–H groups in total. The van der Waals surface area contributed by atoms with Crippen molar-refractivity contribution in [2.45, 2.75) is 19.5 Å². The van der Waals surface area contributed by atoms with Crippen LogP contribution in [0.3, 0.4) is 0 Å². The van der Waals surface area contributed by atoms with Gasteiger partial charge in [0.15, 0.2) is 6.29 Å². The number of nitrogens with zero attached hydrogens (tertiary/aromatic N) is 2. The van der Waals surface area contributed by atoms with Crippen LogP contribution in [0.5, 0.6) is 0 Å². The number of carbonyl (C=O) groups excluding carboxylic acids is 1. The first kappa shape index (κ1) is 17.1. The van der Waals surface area contributed by atoms with E-state index in [-0.39, 0.29) is 26.4 Å². The van der Waals surface area contributed by atoms with E-state index in [2.05, 4.69) is 5.10 Å². The number of alkyl halides is 3. The summed E-state index contributed by atoms with van der Waals surface area (Å²) in [5.74, 6) is 0. The molecule has 0 aliphatic rings. The second-order valence-electron chi connectivity index (χ2n) is 4.32. The maximum Gasteiger partial charge on any atom is 0.416 e. The van der Waals surface area contributed by atoms with Gasteiger partial charge in [-0.05, 0) is 18.6 Å². The molecule has 0 unspecified atom stereocenters. The fourth-order valence-electron chi connectivity index (χ4n) is 1.91. The number of aromatic nitrogens is 2. The van der Waals surface area contributed by atoms with E-state index in [0.29, 0.717) is 18.4 Å². The zero-order valence-electron chi connectivity index (χ0n) is 11.0. The molecule has 0 radical (unpaired) electrons. The summed E-state index contributed by atoms with van der Waals surface area (Å²) in [7, 11) is 0. The lowest BCUT2D eigenvalue weighted by molar-refractivity contribution is -0.137. The summed E-state index contributed by atoms with van der Waals surface area (Å²) in [6.07, 6.45) is -3.64. The molecular formula is C13H8Cl3F3N2O. The largest absolute Gasteiger partial charge is 0.416 e. The second-order valence-corrected chi connectivity index (χ2v) is 5.49. The maximum absolute atomic E-state index is 12.7. The highest BCUT2D eigenvalue weighted by Gasteiger charge is 2.32. The van der Waals surface area contributed by atoms with Gasteiger partial charge in [-0.15, -0.1) is 0 Å². The van der Waals surface area contributed by atoms with Crippen molar-refractivity contribution in [3.05, 3.63) is 44.2 Å². The molecule has 0 aliphatic heterocycles. The van der Waals surface area contributed by atoms with Crippen LogP contribution in [0.15, 0.2) is 12.1 Å². The van der Waals surface area contributed by atoms with Gasteiger partial charge in [-0.1, -0.05) is 41.7 Å². The highest BCUT2D eigenvalue weighted by atomic mass is 35.5. The average Bonchev–Trinajstić information content (AvgIpc) is 2.73. The normalized spacial score (nSPS) is 11.8. The van der Waals surface area contributed by atoms with Crippen molar-refractivity contribution in [1.29, 1.82) is 0 Å². The van der Waals surface area contributed by atoms with Crippen LogP contribution in [0.4, 0.5) is 13.2 Å². The minimum Gasteiger partial charge on any atom is -0.298 e. The predicted molar refractivity (Wildman–Crippen MR) is 78.4 cm³/mol. The Balaban J connectivity index is 2.69. The van der Waals surface area contributed by atoms with Gasteiger partial charge in [-0.25, -0.2) is 4.68 Å². The van der Waals surface area contributed by atoms with E-state index in [4.69, 9.17) is 34.8 Å². The third kappa shape index (κ3) is 2.95. The number of carbonyl (C=O) groups is 1. The van der Waals surface area contributed by atoms with E-state index < -0.39 is 11.7 Å². The molecular weight excluding hydrogens is 364 g/mol. The van der Waals surface area contributed by atoms with Crippen molar-refractivity contribution in [3.8, 4) is 5.69 Å². The lowest BCUT2D eigenvalue weighted by atomic mass is 10.2. The molecule has 2 rings (SSSR count). The first-order valence-corrected chi connectivity index (χ1v) is 7.13. The SMILES string of the molecule is CCc1nn(-c2c(Cl)cc(C(F)(F)F)cc2Cl)c(Cl)c1C=O. The van der Waals surface area contributed by atoms with Crippen molar-refractivity contribution in [1.82, 2.24) is 9.78 Å².